The van der Waals surface area contributed by atoms with Crippen LogP contribution < -0.4 is 4.90 Å². The van der Waals surface area contributed by atoms with Gasteiger partial charge in [0.15, 0.2) is 0 Å². The topological polar surface area (TPSA) is 56.8 Å². The largest absolute Gasteiger partial charge is 0.336 e. The van der Waals surface area contributed by atoms with E-state index in [0.717, 1.165) is 42.3 Å². The van der Waals surface area contributed by atoms with E-state index in [1.165, 1.54) is 0 Å². The lowest BCUT2D eigenvalue weighted by Crippen LogP contribution is -2.48. The average Bonchev–Trinajstić information content (AvgIpc) is 3.49. The highest BCUT2D eigenvalue weighted by Crippen LogP contribution is 2.30. The molecule has 0 N–H and O–H groups in total. The SMILES string of the molecule is O=C(c1ccc(Cl)cc1N1CCCC1=O)N1CCN(Cc2csc(-c3ccccc3)n2)CC1. The summed E-state index contributed by atoms with van der Waals surface area (Å²) >= 11 is 7.86. The van der Waals surface area contributed by atoms with Crippen molar-refractivity contribution in [1.82, 2.24) is 14.8 Å². The molecule has 0 saturated carbocycles. The summed E-state index contributed by atoms with van der Waals surface area (Å²) in [6, 6.07) is 15.4. The molecule has 8 heteroatoms. The first-order chi connectivity index (χ1) is 16.1. The molecule has 2 aliphatic rings. The fourth-order valence-corrected chi connectivity index (χ4v) is 5.40. The highest BCUT2D eigenvalue weighted by Gasteiger charge is 2.29. The third kappa shape index (κ3) is 4.81. The molecule has 0 unspecified atom stereocenters. The Kier molecular flexibility index (Phi) is 6.44. The summed E-state index contributed by atoms with van der Waals surface area (Å²) in [5.74, 6) is 0.00955. The second-order valence-corrected chi connectivity index (χ2v) is 9.68. The number of carbonyl (C=O) groups is 2. The molecule has 0 atom stereocenters. The number of halogens is 1. The third-order valence-corrected chi connectivity index (χ3v) is 7.35. The highest BCUT2D eigenvalue weighted by molar-refractivity contribution is 7.13. The van der Waals surface area contributed by atoms with E-state index in [2.05, 4.69) is 22.4 Å². The smallest absolute Gasteiger partial charge is 0.256 e. The molecular formula is C25H25ClN4O2S. The molecule has 33 heavy (non-hydrogen) atoms. The summed E-state index contributed by atoms with van der Waals surface area (Å²) in [7, 11) is 0. The maximum Gasteiger partial charge on any atom is 0.256 e. The first-order valence-corrected chi connectivity index (χ1v) is 12.5. The molecule has 2 amide bonds. The Labute approximate surface area is 202 Å². The van der Waals surface area contributed by atoms with Crippen LogP contribution in [0.25, 0.3) is 10.6 Å². The number of carbonyl (C=O) groups excluding carboxylic acids is 2. The maximum atomic E-state index is 13.3. The van der Waals surface area contributed by atoms with E-state index in [0.29, 0.717) is 42.3 Å². The number of rotatable bonds is 5. The number of hydrogen-bond acceptors (Lipinski definition) is 5. The second-order valence-electron chi connectivity index (χ2n) is 8.39. The van der Waals surface area contributed by atoms with E-state index in [-0.39, 0.29) is 11.8 Å². The van der Waals surface area contributed by atoms with E-state index < -0.39 is 0 Å². The molecular weight excluding hydrogens is 456 g/mol. The molecule has 2 aliphatic heterocycles. The molecule has 1 aromatic heterocycles. The summed E-state index contributed by atoms with van der Waals surface area (Å²) in [5.41, 5.74) is 3.38. The van der Waals surface area contributed by atoms with E-state index in [9.17, 15) is 9.59 Å². The quantitative estimate of drug-likeness (QED) is 0.537. The Morgan fingerprint density at radius 2 is 1.82 bits per heavy atom. The van der Waals surface area contributed by atoms with Gasteiger partial charge in [-0.15, -0.1) is 11.3 Å². The zero-order valence-electron chi connectivity index (χ0n) is 18.2. The summed E-state index contributed by atoms with van der Waals surface area (Å²) in [6.45, 7) is 4.27. The average molecular weight is 481 g/mol. The van der Waals surface area contributed by atoms with Crippen LogP contribution >= 0.6 is 22.9 Å². The number of amides is 2. The highest BCUT2D eigenvalue weighted by atomic mass is 35.5. The van der Waals surface area contributed by atoms with Gasteiger partial charge in [-0.25, -0.2) is 4.98 Å². The molecule has 2 saturated heterocycles. The lowest BCUT2D eigenvalue weighted by atomic mass is 10.1. The van der Waals surface area contributed by atoms with Gasteiger partial charge in [0.05, 0.1) is 16.9 Å². The van der Waals surface area contributed by atoms with Crippen LogP contribution in [0.1, 0.15) is 28.9 Å². The third-order valence-electron chi connectivity index (χ3n) is 6.17. The van der Waals surface area contributed by atoms with Gasteiger partial charge < -0.3 is 9.80 Å². The molecule has 3 aromatic rings. The number of nitrogens with zero attached hydrogens (tertiary/aromatic N) is 4. The zero-order chi connectivity index (χ0) is 22.8. The zero-order valence-corrected chi connectivity index (χ0v) is 19.8. The van der Waals surface area contributed by atoms with Crippen LogP contribution in [0.5, 0.6) is 0 Å². The van der Waals surface area contributed by atoms with Gasteiger partial charge in [0.2, 0.25) is 5.91 Å². The second kappa shape index (κ2) is 9.63. The molecule has 5 rings (SSSR count). The summed E-state index contributed by atoms with van der Waals surface area (Å²) in [4.78, 5) is 36.3. The van der Waals surface area contributed by atoms with Gasteiger partial charge in [0.25, 0.3) is 5.91 Å². The van der Waals surface area contributed by atoms with Gasteiger partial charge in [0.1, 0.15) is 5.01 Å². The Morgan fingerprint density at radius 3 is 2.55 bits per heavy atom. The number of hydrogen-bond donors (Lipinski definition) is 0. The Hall–Kier alpha value is -2.74. The van der Waals surface area contributed by atoms with Gasteiger partial charge >= 0.3 is 0 Å². The van der Waals surface area contributed by atoms with Crippen molar-refractivity contribution in [2.75, 3.05) is 37.6 Å². The lowest BCUT2D eigenvalue weighted by Gasteiger charge is -2.35. The van der Waals surface area contributed by atoms with Crippen molar-refractivity contribution in [3.05, 3.63) is 70.2 Å². The van der Waals surface area contributed by atoms with Crippen LogP contribution in [-0.2, 0) is 11.3 Å². The number of aromatic nitrogens is 1. The standard InChI is InChI=1S/C25H25ClN4O2S/c26-19-8-9-21(22(15-19)30-10-4-7-23(30)31)25(32)29-13-11-28(12-14-29)16-20-17-33-24(27-20)18-5-2-1-3-6-18/h1-3,5-6,8-9,15,17H,4,7,10-14,16H2. The van der Waals surface area contributed by atoms with Gasteiger partial charge in [-0.2, -0.15) is 0 Å². The van der Waals surface area contributed by atoms with Crippen molar-refractivity contribution in [2.45, 2.75) is 19.4 Å². The fraction of sp³-hybridized carbons (Fsp3) is 0.320. The van der Waals surface area contributed by atoms with E-state index in [1.54, 1.807) is 34.4 Å². The number of benzene rings is 2. The number of thiazole rings is 1. The van der Waals surface area contributed by atoms with Gasteiger partial charge in [0, 0.05) is 61.7 Å². The van der Waals surface area contributed by atoms with Crippen molar-refractivity contribution in [2.24, 2.45) is 0 Å². The van der Waals surface area contributed by atoms with Crippen LogP contribution in [0.15, 0.2) is 53.9 Å². The molecule has 2 aromatic carbocycles. The molecule has 2 fully saturated rings. The maximum absolute atomic E-state index is 13.3. The van der Waals surface area contributed by atoms with Crippen molar-refractivity contribution >= 4 is 40.4 Å². The molecule has 0 aliphatic carbocycles. The fourth-order valence-electron chi connectivity index (χ4n) is 4.41. The first kappa shape index (κ1) is 22.1. The Bertz CT molecular complexity index is 1160. The number of piperazine rings is 1. The molecule has 0 spiro atoms. The normalized spacial score (nSPS) is 17.1. The predicted molar refractivity (Wildman–Crippen MR) is 132 cm³/mol. The number of anilines is 1. The minimum Gasteiger partial charge on any atom is -0.336 e. The Morgan fingerprint density at radius 1 is 1.03 bits per heavy atom. The van der Waals surface area contributed by atoms with Gasteiger partial charge in [-0.1, -0.05) is 41.9 Å². The monoisotopic (exact) mass is 480 g/mol. The van der Waals surface area contributed by atoms with E-state index >= 15 is 0 Å². The van der Waals surface area contributed by atoms with E-state index in [4.69, 9.17) is 16.6 Å². The van der Waals surface area contributed by atoms with Crippen LogP contribution in [-0.4, -0.2) is 59.3 Å². The van der Waals surface area contributed by atoms with Crippen LogP contribution in [0.4, 0.5) is 5.69 Å². The lowest BCUT2D eigenvalue weighted by molar-refractivity contribution is -0.117. The van der Waals surface area contributed by atoms with Crippen molar-refractivity contribution in [3.63, 3.8) is 0 Å². The molecule has 6 nitrogen and oxygen atoms in total. The summed E-state index contributed by atoms with van der Waals surface area (Å²) < 4.78 is 0. The summed E-state index contributed by atoms with van der Waals surface area (Å²) in [6.07, 6.45) is 1.32. The minimum absolute atomic E-state index is 0.0407. The Balaban J connectivity index is 1.23. The summed E-state index contributed by atoms with van der Waals surface area (Å²) in [5, 5.41) is 3.68. The van der Waals surface area contributed by atoms with Crippen molar-refractivity contribution in [1.29, 1.82) is 0 Å². The van der Waals surface area contributed by atoms with Gasteiger partial charge in [-0.05, 0) is 24.6 Å². The van der Waals surface area contributed by atoms with Crippen molar-refractivity contribution < 1.29 is 9.59 Å². The molecule has 170 valence electrons. The molecule has 3 heterocycles. The van der Waals surface area contributed by atoms with Crippen LogP contribution in [0.3, 0.4) is 0 Å². The van der Waals surface area contributed by atoms with E-state index in [1.807, 2.05) is 23.1 Å². The molecule has 0 radical (unpaired) electrons. The first-order valence-electron chi connectivity index (χ1n) is 11.2. The predicted octanol–water partition coefficient (Wildman–Crippen LogP) is 4.55. The van der Waals surface area contributed by atoms with Gasteiger partial charge in [-0.3, -0.25) is 14.5 Å². The molecule has 0 bridgehead atoms. The van der Waals surface area contributed by atoms with Crippen LogP contribution in [0.2, 0.25) is 5.02 Å². The van der Waals surface area contributed by atoms with Crippen molar-refractivity contribution in [3.8, 4) is 10.6 Å². The van der Waals surface area contributed by atoms with Crippen LogP contribution in [0, 0.1) is 0 Å². The minimum atomic E-state index is -0.0407.